The smallest absolute Gasteiger partial charge is 0.0505 e. The molecule has 23 heavy (non-hydrogen) atoms. The van der Waals surface area contributed by atoms with Gasteiger partial charge in [0, 0.05) is 26.6 Å². The Balaban J connectivity index is 4.33. The van der Waals surface area contributed by atoms with E-state index in [9.17, 15) is 0 Å². The van der Waals surface area contributed by atoms with E-state index in [0.29, 0.717) is 20.0 Å². The summed E-state index contributed by atoms with van der Waals surface area (Å²) < 4.78 is 0. The van der Waals surface area contributed by atoms with Crippen molar-refractivity contribution in [1.29, 1.82) is 0 Å². The van der Waals surface area contributed by atoms with E-state index in [1.165, 1.54) is 50.2 Å². The molecule has 0 aliphatic heterocycles. The van der Waals surface area contributed by atoms with Gasteiger partial charge in [-0.3, -0.25) is 4.90 Å². The number of nitrogens with one attached hydrogen (secondary N) is 1. The maximum atomic E-state index is 5.72. The van der Waals surface area contributed by atoms with E-state index in [1.54, 1.807) is 0 Å². The Kier molecular flexibility index (Phi) is 14.4. The minimum absolute atomic E-state index is 0.572. The fourth-order valence-corrected chi connectivity index (χ4v) is 7.32. The van der Waals surface area contributed by atoms with Gasteiger partial charge in [0.2, 0.25) is 0 Å². The highest BCUT2D eigenvalue weighted by Gasteiger charge is 2.26. The first-order valence-electron chi connectivity index (χ1n) is 9.54. The van der Waals surface area contributed by atoms with Crippen molar-refractivity contribution in [2.24, 2.45) is 23.1 Å². The monoisotopic (exact) mass is 345 g/mol. The highest BCUT2D eigenvalue weighted by Crippen LogP contribution is 2.29. The molecule has 0 saturated carbocycles. The molecule has 0 heterocycles. The second-order valence-corrected chi connectivity index (χ2v) is 12.5. The molecule has 140 valence electrons. The van der Waals surface area contributed by atoms with Crippen LogP contribution in [0.15, 0.2) is 0 Å². The first-order chi connectivity index (χ1) is 11.0. The molecule has 0 aromatic carbocycles. The molecule has 0 saturated heterocycles. The van der Waals surface area contributed by atoms with Crippen LogP contribution in [0.2, 0.25) is 24.7 Å². The minimum Gasteiger partial charge on any atom is -0.318 e. The molecule has 7 N–H and O–H groups in total. The fraction of sp³-hybridized carbons (Fsp3) is 1.00. The van der Waals surface area contributed by atoms with Gasteiger partial charge in [0.25, 0.3) is 0 Å². The molecule has 2 atom stereocenters. The van der Waals surface area contributed by atoms with E-state index in [0.717, 1.165) is 19.0 Å². The zero-order valence-corrected chi connectivity index (χ0v) is 16.9. The Morgan fingerprint density at radius 2 is 1.65 bits per heavy atom. The molecule has 5 nitrogen and oxygen atoms in total. The van der Waals surface area contributed by atoms with Gasteiger partial charge in [-0.05, 0) is 25.3 Å². The van der Waals surface area contributed by atoms with Crippen molar-refractivity contribution in [3.63, 3.8) is 0 Å². The van der Waals surface area contributed by atoms with Crippen molar-refractivity contribution < 1.29 is 0 Å². The van der Waals surface area contributed by atoms with Crippen LogP contribution in [0.5, 0.6) is 0 Å². The summed E-state index contributed by atoms with van der Waals surface area (Å²) in [4.78, 5) is 2.13. The molecule has 0 spiro atoms. The summed E-state index contributed by atoms with van der Waals surface area (Å²) in [6, 6.07) is 4.26. The third-order valence-electron chi connectivity index (χ3n) is 5.07. The summed E-state index contributed by atoms with van der Waals surface area (Å²) in [6.07, 6.45) is 6.58. The van der Waals surface area contributed by atoms with Crippen molar-refractivity contribution in [1.82, 2.24) is 10.2 Å². The van der Waals surface area contributed by atoms with Gasteiger partial charge in [-0.15, -0.1) is 0 Å². The molecule has 0 fully saturated rings. The third-order valence-corrected chi connectivity index (χ3v) is 9.69. The van der Waals surface area contributed by atoms with Gasteiger partial charge in [-0.1, -0.05) is 57.8 Å². The first kappa shape index (κ1) is 23.0. The van der Waals surface area contributed by atoms with Crippen molar-refractivity contribution in [3.8, 4) is 0 Å². The predicted molar refractivity (Wildman–Crippen MR) is 106 cm³/mol. The quantitative estimate of drug-likeness (QED) is 0.196. The van der Waals surface area contributed by atoms with E-state index in [-0.39, 0.29) is 0 Å². The average Bonchev–Trinajstić information content (AvgIpc) is 2.54. The van der Waals surface area contributed by atoms with Gasteiger partial charge in [-0.25, -0.2) is 0 Å². The van der Waals surface area contributed by atoms with Crippen LogP contribution in [-0.4, -0.2) is 46.1 Å². The van der Waals surface area contributed by atoms with Crippen molar-refractivity contribution in [2.75, 3.05) is 33.1 Å². The van der Waals surface area contributed by atoms with Crippen LogP contribution in [0.3, 0.4) is 0 Å². The lowest BCUT2D eigenvalue weighted by molar-refractivity contribution is 0.290. The maximum absolute atomic E-state index is 5.72. The molecular weight excluding hydrogens is 302 g/mol. The van der Waals surface area contributed by atoms with Gasteiger partial charge in [0.1, 0.15) is 0 Å². The number of rotatable bonds is 16. The number of hydrogen-bond donors (Lipinski definition) is 4. The van der Waals surface area contributed by atoms with Gasteiger partial charge < -0.3 is 22.5 Å². The van der Waals surface area contributed by atoms with Crippen LogP contribution in [0.4, 0.5) is 0 Å². The molecular formula is C17H43N5Si. The topological polar surface area (TPSA) is 93.3 Å². The highest BCUT2D eigenvalue weighted by atomic mass is 28.3. The molecule has 0 rings (SSSR count). The molecule has 0 aliphatic rings. The summed E-state index contributed by atoms with van der Waals surface area (Å²) in [5, 5.41) is 3.26. The van der Waals surface area contributed by atoms with E-state index in [1.807, 2.05) is 0 Å². The normalized spacial score (nSPS) is 15.8. The van der Waals surface area contributed by atoms with Crippen LogP contribution in [-0.2, 0) is 0 Å². The van der Waals surface area contributed by atoms with Crippen LogP contribution in [0.25, 0.3) is 0 Å². The predicted octanol–water partition coefficient (Wildman–Crippen LogP) is 2.31. The van der Waals surface area contributed by atoms with Crippen molar-refractivity contribution in [3.05, 3.63) is 0 Å². The lowest BCUT2D eigenvalue weighted by Gasteiger charge is -2.30. The highest BCUT2D eigenvalue weighted by molar-refractivity contribution is 6.78. The molecule has 0 radical (unpaired) electrons. The molecule has 0 aromatic rings. The molecule has 0 amide bonds. The summed E-state index contributed by atoms with van der Waals surface area (Å²) in [7, 11) is -1.17. The van der Waals surface area contributed by atoms with E-state index in [4.69, 9.17) is 17.2 Å². The number of nitrogens with zero attached hydrogens (tertiary/aromatic N) is 1. The average molecular weight is 346 g/mol. The lowest BCUT2D eigenvalue weighted by Crippen LogP contribution is -2.38. The van der Waals surface area contributed by atoms with Gasteiger partial charge in [0.15, 0.2) is 0 Å². The molecule has 0 aliphatic carbocycles. The standard InChI is InChI=1S/C17H43N5Si/c1-4-7-17(2)8-13-23(3,11-5-9-21-14-18)12-6-10-22(15-19)16-20/h17,21H,4-16,18-20H2,1-3H3. The molecule has 2 unspecified atom stereocenters. The van der Waals surface area contributed by atoms with Crippen molar-refractivity contribution >= 4 is 8.07 Å². The lowest BCUT2D eigenvalue weighted by atomic mass is 10.0. The number of nitrogens with two attached hydrogens (primary N) is 3. The van der Waals surface area contributed by atoms with E-state index in [2.05, 4.69) is 30.6 Å². The zero-order valence-electron chi connectivity index (χ0n) is 15.9. The van der Waals surface area contributed by atoms with Gasteiger partial charge in [0.05, 0.1) is 8.07 Å². The van der Waals surface area contributed by atoms with Crippen molar-refractivity contribution in [2.45, 2.75) is 70.6 Å². The van der Waals surface area contributed by atoms with Crippen LogP contribution >= 0.6 is 0 Å². The first-order valence-corrected chi connectivity index (χ1v) is 12.7. The maximum Gasteiger partial charge on any atom is 0.0505 e. The van der Waals surface area contributed by atoms with E-state index < -0.39 is 8.07 Å². The summed E-state index contributed by atoms with van der Waals surface area (Å²) in [6.45, 7) is 11.1. The van der Waals surface area contributed by atoms with E-state index >= 15 is 0 Å². The fourth-order valence-electron chi connectivity index (χ4n) is 3.34. The summed E-state index contributed by atoms with van der Waals surface area (Å²) in [5.74, 6) is 0.874. The molecule has 6 heteroatoms. The molecule has 0 bridgehead atoms. The second kappa shape index (κ2) is 14.4. The summed E-state index contributed by atoms with van der Waals surface area (Å²) in [5.41, 5.74) is 17.0. The largest absolute Gasteiger partial charge is 0.318 e. The minimum atomic E-state index is -1.17. The van der Waals surface area contributed by atoms with Gasteiger partial charge >= 0.3 is 0 Å². The Hall–Kier alpha value is 0.0169. The van der Waals surface area contributed by atoms with Gasteiger partial charge in [-0.2, -0.15) is 0 Å². The van der Waals surface area contributed by atoms with Crippen LogP contribution in [0.1, 0.15) is 46.0 Å². The Bertz CT molecular complexity index is 263. The Morgan fingerprint density at radius 1 is 1.00 bits per heavy atom. The SMILES string of the molecule is CCCC(C)CC[Si](C)(CCCNCN)CCCN(CN)CN. The second-order valence-electron chi connectivity index (χ2n) is 7.41. The van der Waals surface area contributed by atoms with Crippen LogP contribution in [0, 0.1) is 5.92 Å². The number of hydrogen-bond acceptors (Lipinski definition) is 5. The Morgan fingerprint density at radius 3 is 2.22 bits per heavy atom. The Labute approximate surface area is 145 Å². The zero-order chi connectivity index (χ0) is 17.6. The summed E-state index contributed by atoms with van der Waals surface area (Å²) >= 11 is 0. The third kappa shape index (κ3) is 12.1. The van der Waals surface area contributed by atoms with Crippen LogP contribution < -0.4 is 22.5 Å². The molecule has 0 aromatic heterocycles.